The van der Waals surface area contributed by atoms with Crippen LogP contribution < -0.4 is 5.32 Å². The first-order valence-electron chi connectivity index (χ1n) is 6.29. The zero-order valence-electron chi connectivity index (χ0n) is 9.95. The van der Waals surface area contributed by atoms with Crippen molar-refractivity contribution in [3.05, 3.63) is 0 Å². The molecule has 1 saturated carbocycles. The van der Waals surface area contributed by atoms with Gasteiger partial charge in [0.15, 0.2) is 0 Å². The Kier molecular flexibility index (Phi) is 3.65. The molecular weight excluding hydrogens is 188 g/mol. The van der Waals surface area contributed by atoms with Gasteiger partial charge in [-0.05, 0) is 45.2 Å². The van der Waals surface area contributed by atoms with Crippen LogP contribution in [-0.4, -0.2) is 48.3 Å². The van der Waals surface area contributed by atoms with Gasteiger partial charge in [-0.1, -0.05) is 6.92 Å². The summed E-state index contributed by atoms with van der Waals surface area (Å²) in [4.78, 5) is 2.40. The number of piperidine rings is 1. The van der Waals surface area contributed by atoms with Crippen molar-refractivity contribution >= 4 is 0 Å². The van der Waals surface area contributed by atoms with Crippen molar-refractivity contribution in [2.45, 2.75) is 50.8 Å². The summed E-state index contributed by atoms with van der Waals surface area (Å²) in [5.41, 5.74) is 0. The quantitative estimate of drug-likeness (QED) is 0.712. The minimum absolute atomic E-state index is 0.100. The van der Waals surface area contributed by atoms with Gasteiger partial charge in [-0.25, -0.2) is 0 Å². The van der Waals surface area contributed by atoms with Crippen LogP contribution >= 0.6 is 0 Å². The Morgan fingerprint density at radius 2 is 2.00 bits per heavy atom. The Labute approximate surface area is 92.8 Å². The molecule has 2 rings (SSSR count). The van der Waals surface area contributed by atoms with Gasteiger partial charge in [-0.2, -0.15) is 0 Å². The van der Waals surface area contributed by atoms with Crippen molar-refractivity contribution in [1.82, 2.24) is 10.2 Å². The SMILES string of the molecule is CC1CN(C)CCC1NC1CCCC1O. The lowest BCUT2D eigenvalue weighted by atomic mass is 9.93. The van der Waals surface area contributed by atoms with Gasteiger partial charge in [-0.3, -0.25) is 0 Å². The van der Waals surface area contributed by atoms with Crippen molar-refractivity contribution in [2.24, 2.45) is 5.92 Å². The number of hydrogen-bond donors (Lipinski definition) is 2. The molecule has 3 heteroatoms. The van der Waals surface area contributed by atoms with E-state index in [1.54, 1.807) is 0 Å². The predicted octanol–water partition coefficient (Wildman–Crippen LogP) is 0.830. The lowest BCUT2D eigenvalue weighted by Gasteiger charge is -2.37. The third kappa shape index (κ3) is 2.71. The van der Waals surface area contributed by atoms with E-state index < -0.39 is 0 Å². The maximum Gasteiger partial charge on any atom is 0.0693 e. The second kappa shape index (κ2) is 4.81. The summed E-state index contributed by atoms with van der Waals surface area (Å²) in [7, 11) is 2.19. The molecule has 0 aromatic carbocycles. The van der Waals surface area contributed by atoms with Gasteiger partial charge >= 0.3 is 0 Å². The van der Waals surface area contributed by atoms with E-state index in [0.717, 1.165) is 12.8 Å². The normalized spacial score (nSPS) is 43.4. The first-order chi connectivity index (χ1) is 7.16. The molecule has 1 aliphatic heterocycles. The molecule has 2 fully saturated rings. The standard InChI is InChI=1S/C12H24N2O/c1-9-8-14(2)7-6-10(9)13-11-4-3-5-12(11)15/h9-13,15H,3-8H2,1-2H3. The molecule has 0 amide bonds. The summed E-state index contributed by atoms with van der Waals surface area (Å²) >= 11 is 0. The Balaban J connectivity index is 1.83. The Bertz CT molecular complexity index is 210. The van der Waals surface area contributed by atoms with Crippen molar-refractivity contribution in [1.29, 1.82) is 0 Å². The molecule has 3 nitrogen and oxygen atoms in total. The number of aliphatic hydroxyl groups is 1. The predicted molar refractivity (Wildman–Crippen MR) is 61.8 cm³/mol. The van der Waals surface area contributed by atoms with E-state index >= 15 is 0 Å². The third-order valence-corrected chi connectivity index (χ3v) is 4.02. The maximum absolute atomic E-state index is 9.78. The Hall–Kier alpha value is -0.120. The van der Waals surface area contributed by atoms with Crippen molar-refractivity contribution in [3.63, 3.8) is 0 Å². The van der Waals surface area contributed by atoms with E-state index in [-0.39, 0.29) is 6.10 Å². The molecule has 1 saturated heterocycles. The fourth-order valence-electron chi connectivity index (χ4n) is 3.01. The van der Waals surface area contributed by atoms with Crippen LogP contribution in [-0.2, 0) is 0 Å². The van der Waals surface area contributed by atoms with Gasteiger partial charge < -0.3 is 15.3 Å². The number of likely N-dealkylation sites (tertiary alicyclic amines) is 1. The second-order valence-corrected chi connectivity index (χ2v) is 5.41. The molecular formula is C12H24N2O. The number of hydrogen-bond acceptors (Lipinski definition) is 3. The summed E-state index contributed by atoms with van der Waals surface area (Å²) in [5.74, 6) is 0.705. The molecule has 15 heavy (non-hydrogen) atoms. The van der Waals surface area contributed by atoms with E-state index in [1.165, 1.54) is 25.9 Å². The van der Waals surface area contributed by atoms with E-state index in [4.69, 9.17) is 0 Å². The number of nitrogens with zero attached hydrogens (tertiary/aromatic N) is 1. The highest BCUT2D eigenvalue weighted by molar-refractivity contribution is 4.89. The van der Waals surface area contributed by atoms with Crippen LogP contribution in [0.5, 0.6) is 0 Å². The highest BCUT2D eigenvalue weighted by Crippen LogP contribution is 2.23. The molecule has 0 radical (unpaired) electrons. The molecule has 88 valence electrons. The summed E-state index contributed by atoms with van der Waals surface area (Å²) in [5, 5.41) is 13.4. The van der Waals surface area contributed by atoms with Crippen LogP contribution in [0.2, 0.25) is 0 Å². The summed E-state index contributed by atoms with van der Waals surface area (Å²) < 4.78 is 0. The lowest BCUT2D eigenvalue weighted by Crippen LogP contribution is -2.51. The van der Waals surface area contributed by atoms with Gasteiger partial charge in [-0.15, -0.1) is 0 Å². The van der Waals surface area contributed by atoms with Gasteiger partial charge in [0.1, 0.15) is 0 Å². The lowest BCUT2D eigenvalue weighted by molar-refractivity contribution is 0.114. The number of nitrogens with one attached hydrogen (secondary N) is 1. The van der Waals surface area contributed by atoms with Crippen LogP contribution in [0.4, 0.5) is 0 Å². The smallest absolute Gasteiger partial charge is 0.0693 e. The summed E-state index contributed by atoms with van der Waals surface area (Å²) in [6.07, 6.45) is 4.44. The monoisotopic (exact) mass is 212 g/mol. The topological polar surface area (TPSA) is 35.5 Å². The van der Waals surface area contributed by atoms with Crippen LogP contribution in [0.1, 0.15) is 32.6 Å². The van der Waals surface area contributed by atoms with Crippen LogP contribution in [0.3, 0.4) is 0 Å². The second-order valence-electron chi connectivity index (χ2n) is 5.41. The maximum atomic E-state index is 9.78. The number of aliphatic hydroxyl groups excluding tert-OH is 1. The van der Waals surface area contributed by atoms with Crippen LogP contribution in [0.25, 0.3) is 0 Å². The molecule has 0 bridgehead atoms. The fourth-order valence-corrected chi connectivity index (χ4v) is 3.01. The summed E-state index contributed by atoms with van der Waals surface area (Å²) in [6.45, 7) is 4.68. The van der Waals surface area contributed by atoms with Gasteiger partial charge in [0.2, 0.25) is 0 Å². The minimum atomic E-state index is -0.100. The third-order valence-electron chi connectivity index (χ3n) is 4.02. The van der Waals surface area contributed by atoms with Crippen molar-refractivity contribution in [2.75, 3.05) is 20.1 Å². The van der Waals surface area contributed by atoms with Gasteiger partial charge in [0, 0.05) is 18.6 Å². The highest BCUT2D eigenvalue weighted by atomic mass is 16.3. The summed E-state index contributed by atoms with van der Waals surface area (Å²) in [6, 6.07) is 0.972. The van der Waals surface area contributed by atoms with Crippen molar-refractivity contribution < 1.29 is 5.11 Å². The molecule has 0 aromatic rings. The number of rotatable bonds is 2. The van der Waals surface area contributed by atoms with Crippen molar-refractivity contribution in [3.8, 4) is 0 Å². The van der Waals surface area contributed by atoms with Gasteiger partial charge in [0.05, 0.1) is 6.10 Å². The van der Waals surface area contributed by atoms with E-state index in [0.29, 0.717) is 18.0 Å². The van der Waals surface area contributed by atoms with Crippen LogP contribution in [0, 0.1) is 5.92 Å². The molecule has 1 aliphatic carbocycles. The Morgan fingerprint density at radius 1 is 1.20 bits per heavy atom. The average Bonchev–Trinajstić information content (AvgIpc) is 2.57. The molecule has 0 aromatic heterocycles. The molecule has 4 unspecified atom stereocenters. The average molecular weight is 212 g/mol. The minimum Gasteiger partial charge on any atom is -0.392 e. The largest absolute Gasteiger partial charge is 0.392 e. The molecule has 2 N–H and O–H groups in total. The Morgan fingerprint density at radius 3 is 2.60 bits per heavy atom. The van der Waals surface area contributed by atoms with E-state index in [9.17, 15) is 5.11 Å². The highest BCUT2D eigenvalue weighted by Gasteiger charge is 2.31. The van der Waals surface area contributed by atoms with Crippen LogP contribution in [0.15, 0.2) is 0 Å². The molecule has 0 spiro atoms. The first kappa shape index (κ1) is 11.4. The zero-order chi connectivity index (χ0) is 10.8. The fraction of sp³-hybridized carbons (Fsp3) is 1.00. The zero-order valence-corrected chi connectivity index (χ0v) is 9.95. The molecule has 1 heterocycles. The van der Waals surface area contributed by atoms with E-state index in [1.807, 2.05) is 0 Å². The van der Waals surface area contributed by atoms with Gasteiger partial charge in [0.25, 0.3) is 0 Å². The molecule has 2 aliphatic rings. The first-order valence-corrected chi connectivity index (χ1v) is 6.29. The van der Waals surface area contributed by atoms with E-state index in [2.05, 4.69) is 24.2 Å². The molecule has 4 atom stereocenters.